The molecule has 0 bridgehead atoms. The molecule has 0 aliphatic heterocycles. The van der Waals surface area contributed by atoms with E-state index < -0.39 is 0 Å². The fraction of sp³-hybridized carbons (Fsp3) is 0.125. The molecule has 0 aliphatic carbocycles. The van der Waals surface area contributed by atoms with Gasteiger partial charge >= 0.3 is 0 Å². The smallest absolute Gasteiger partial charge is 0.125 e. The Balaban J connectivity index is 2.09. The molecule has 2 aromatic rings. The molecule has 0 saturated heterocycles. The zero-order chi connectivity index (χ0) is 13.5. The Kier molecular flexibility index (Phi) is 4.45. The zero-order valence-corrected chi connectivity index (χ0v) is 10.6. The first-order valence-corrected chi connectivity index (χ1v) is 6.04. The van der Waals surface area contributed by atoms with Gasteiger partial charge in [0.2, 0.25) is 0 Å². The van der Waals surface area contributed by atoms with Crippen LogP contribution < -0.4 is 4.74 Å². The second-order valence-corrected chi connectivity index (χ2v) is 4.13. The Morgan fingerprint density at radius 2 is 2.00 bits per heavy atom. The summed E-state index contributed by atoms with van der Waals surface area (Å²) in [6.07, 6.45) is 1.80. The highest BCUT2D eigenvalue weighted by molar-refractivity contribution is 5.47. The third kappa shape index (κ3) is 3.52. The van der Waals surface area contributed by atoms with Crippen molar-refractivity contribution >= 4 is 6.08 Å². The molecule has 0 saturated carbocycles. The van der Waals surface area contributed by atoms with Crippen LogP contribution in [0.25, 0.3) is 6.08 Å². The summed E-state index contributed by atoms with van der Waals surface area (Å²) in [5, 5.41) is 2.91. The minimum absolute atomic E-state index is 0.128. The van der Waals surface area contributed by atoms with Crippen molar-refractivity contribution in [1.82, 2.24) is 0 Å². The summed E-state index contributed by atoms with van der Waals surface area (Å²) in [5.41, 5.74) is 2.92. The minimum atomic E-state index is 0.128. The molecule has 0 N–H and O–H groups in total. The molecule has 0 amide bonds. The van der Waals surface area contributed by atoms with Crippen LogP contribution in [-0.4, -0.2) is 0 Å². The van der Waals surface area contributed by atoms with Crippen LogP contribution in [0.1, 0.15) is 16.7 Å². The van der Waals surface area contributed by atoms with Gasteiger partial charge in [-0.2, -0.15) is 4.91 Å². The summed E-state index contributed by atoms with van der Waals surface area (Å²) >= 11 is 0. The van der Waals surface area contributed by atoms with E-state index >= 15 is 0 Å². The van der Waals surface area contributed by atoms with E-state index in [4.69, 9.17) is 4.74 Å². The van der Waals surface area contributed by atoms with Crippen molar-refractivity contribution in [3.8, 4) is 5.75 Å². The van der Waals surface area contributed by atoms with Crippen LogP contribution in [0.4, 0.5) is 0 Å². The second-order valence-electron chi connectivity index (χ2n) is 4.13. The van der Waals surface area contributed by atoms with E-state index in [1.54, 1.807) is 6.08 Å². The van der Waals surface area contributed by atoms with Gasteiger partial charge in [-0.25, -0.2) is 0 Å². The van der Waals surface area contributed by atoms with Gasteiger partial charge in [0.15, 0.2) is 0 Å². The Bertz CT molecular complexity index is 578. The van der Waals surface area contributed by atoms with Crippen molar-refractivity contribution in [2.75, 3.05) is 0 Å². The van der Waals surface area contributed by atoms with Gasteiger partial charge in [-0.1, -0.05) is 54.2 Å². The molecule has 2 aromatic carbocycles. The maximum absolute atomic E-state index is 10.4. The third-order valence-corrected chi connectivity index (χ3v) is 2.79. The number of ether oxygens (including phenoxy) is 1. The lowest BCUT2D eigenvalue weighted by Crippen LogP contribution is -1.98. The minimum Gasteiger partial charge on any atom is -0.489 e. The fourth-order valence-electron chi connectivity index (χ4n) is 1.82. The summed E-state index contributed by atoms with van der Waals surface area (Å²) in [6, 6.07) is 15.4. The summed E-state index contributed by atoms with van der Waals surface area (Å²) in [4.78, 5) is 10.4. The Morgan fingerprint density at radius 1 is 1.16 bits per heavy atom. The summed E-state index contributed by atoms with van der Waals surface area (Å²) in [6.45, 7) is 4.32. The van der Waals surface area contributed by atoms with Crippen molar-refractivity contribution in [2.24, 2.45) is 5.18 Å². The van der Waals surface area contributed by atoms with Gasteiger partial charge in [-0.15, -0.1) is 0 Å². The van der Waals surface area contributed by atoms with Crippen LogP contribution in [0, 0.1) is 4.91 Å². The maximum atomic E-state index is 10.4. The van der Waals surface area contributed by atoms with Crippen LogP contribution in [0.5, 0.6) is 5.75 Å². The van der Waals surface area contributed by atoms with Crippen LogP contribution in [0.2, 0.25) is 0 Å². The number of hydrogen-bond donors (Lipinski definition) is 0. The van der Waals surface area contributed by atoms with Crippen LogP contribution in [0.3, 0.4) is 0 Å². The number of nitrogens with zero attached hydrogens (tertiary/aromatic N) is 1. The molecule has 0 radical (unpaired) electrons. The lowest BCUT2D eigenvalue weighted by molar-refractivity contribution is 0.303. The van der Waals surface area contributed by atoms with Crippen molar-refractivity contribution in [3.05, 3.63) is 76.7 Å². The molecular formula is C16H15NO2. The van der Waals surface area contributed by atoms with Crippen LogP contribution >= 0.6 is 0 Å². The van der Waals surface area contributed by atoms with Crippen LogP contribution in [-0.2, 0) is 13.2 Å². The monoisotopic (exact) mass is 253 g/mol. The van der Waals surface area contributed by atoms with Gasteiger partial charge < -0.3 is 4.74 Å². The summed E-state index contributed by atoms with van der Waals surface area (Å²) in [7, 11) is 0. The molecule has 0 atom stereocenters. The predicted octanol–water partition coefficient (Wildman–Crippen LogP) is 4.18. The Hall–Kier alpha value is -2.42. The number of rotatable bonds is 6. The lowest BCUT2D eigenvalue weighted by Gasteiger charge is -2.10. The van der Waals surface area contributed by atoms with Crippen molar-refractivity contribution in [3.63, 3.8) is 0 Å². The predicted molar refractivity (Wildman–Crippen MR) is 76.8 cm³/mol. The van der Waals surface area contributed by atoms with E-state index in [2.05, 4.69) is 11.8 Å². The molecule has 0 fully saturated rings. The molecule has 0 spiro atoms. The SMILES string of the molecule is C=Cc1cccc(COc2ccccc2CN=O)c1. The molecule has 3 heteroatoms. The van der Waals surface area contributed by atoms with Gasteiger partial charge in [-0.05, 0) is 23.3 Å². The first-order valence-electron chi connectivity index (χ1n) is 6.04. The lowest BCUT2D eigenvalue weighted by atomic mass is 10.1. The number of nitroso groups, excluding NO2 is 1. The molecule has 3 nitrogen and oxygen atoms in total. The molecule has 0 aliphatic rings. The van der Waals surface area contributed by atoms with E-state index in [9.17, 15) is 4.91 Å². The number of benzene rings is 2. The maximum Gasteiger partial charge on any atom is 0.125 e. The molecule has 19 heavy (non-hydrogen) atoms. The topological polar surface area (TPSA) is 38.7 Å². The summed E-state index contributed by atoms with van der Waals surface area (Å²) in [5.74, 6) is 0.700. The molecule has 0 heterocycles. The third-order valence-electron chi connectivity index (χ3n) is 2.79. The normalized spacial score (nSPS) is 9.89. The van der Waals surface area contributed by atoms with Crippen molar-refractivity contribution < 1.29 is 4.74 Å². The van der Waals surface area contributed by atoms with Gasteiger partial charge in [0.25, 0.3) is 0 Å². The van der Waals surface area contributed by atoms with E-state index in [-0.39, 0.29) is 6.54 Å². The largest absolute Gasteiger partial charge is 0.489 e. The quantitative estimate of drug-likeness (QED) is 0.724. The molecule has 96 valence electrons. The van der Waals surface area contributed by atoms with Gasteiger partial charge in [-0.3, -0.25) is 0 Å². The van der Waals surface area contributed by atoms with Gasteiger partial charge in [0.1, 0.15) is 18.9 Å². The molecular weight excluding hydrogens is 238 g/mol. The van der Waals surface area contributed by atoms with Gasteiger partial charge in [0.05, 0.1) is 0 Å². The van der Waals surface area contributed by atoms with E-state index in [0.29, 0.717) is 12.4 Å². The Labute approximate surface area is 112 Å². The average Bonchev–Trinajstić information content (AvgIpc) is 2.47. The highest BCUT2D eigenvalue weighted by Gasteiger charge is 2.03. The highest BCUT2D eigenvalue weighted by atomic mass is 16.5. The number of para-hydroxylation sites is 1. The molecule has 0 unspecified atom stereocenters. The average molecular weight is 253 g/mol. The van der Waals surface area contributed by atoms with Crippen LogP contribution in [0.15, 0.2) is 60.3 Å². The first kappa shape index (κ1) is 13.0. The molecule has 0 aromatic heterocycles. The van der Waals surface area contributed by atoms with Gasteiger partial charge in [0, 0.05) is 5.56 Å². The van der Waals surface area contributed by atoms with Crippen molar-refractivity contribution in [1.29, 1.82) is 0 Å². The Morgan fingerprint density at radius 3 is 2.79 bits per heavy atom. The summed E-state index contributed by atoms with van der Waals surface area (Å²) < 4.78 is 5.74. The standard InChI is InChI=1S/C16H15NO2/c1-2-13-6-5-7-14(10-13)12-19-16-9-4-3-8-15(16)11-17-18/h2-10H,1,11-12H2. The first-order chi connectivity index (χ1) is 9.33. The number of hydrogen-bond acceptors (Lipinski definition) is 3. The van der Waals surface area contributed by atoms with E-state index in [1.807, 2.05) is 48.5 Å². The van der Waals surface area contributed by atoms with E-state index in [1.165, 1.54) is 0 Å². The second kappa shape index (κ2) is 6.50. The fourth-order valence-corrected chi connectivity index (χ4v) is 1.82. The van der Waals surface area contributed by atoms with Crippen molar-refractivity contribution in [2.45, 2.75) is 13.2 Å². The zero-order valence-electron chi connectivity index (χ0n) is 10.6. The highest BCUT2D eigenvalue weighted by Crippen LogP contribution is 2.20. The molecule has 2 rings (SSSR count). The van der Waals surface area contributed by atoms with E-state index in [0.717, 1.165) is 16.7 Å².